The van der Waals surface area contributed by atoms with E-state index in [4.69, 9.17) is 9.47 Å². The number of hydrogen-bond donors (Lipinski definition) is 2. The number of ether oxygens (including phenoxy) is 2. The number of carboxylic acid groups (broad SMARTS) is 1. The number of likely N-dealkylation sites (tertiary alicyclic amines) is 1. The van der Waals surface area contributed by atoms with Gasteiger partial charge in [-0.3, -0.25) is 24.0 Å². The van der Waals surface area contributed by atoms with Gasteiger partial charge in [0, 0.05) is 45.2 Å². The highest BCUT2D eigenvalue weighted by Gasteiger charge is 2.37. The van der Waals surface area contributed by atoms with Crippen molar-refractivity contribution in [2.75, 3.05) is 52.5 Å². The van der Waals surface area contributed by atoms with E-state index in [0.29, 0.717) is 25.1 Å². The van der Waals surface area contributed by atoms with Gasteiger partial charge in [-0.2, -0.15) is 10.2 Å². The van der Waals surface area contributed by atoms with Gasteiger partial charge >= 0.3 is 12.1 Å². The Balaban J connectivity index is 1.46. The van der Waals surface area contributed by atoms with Gasteiger partial charge in [0.05, 0.1) is 18.8 Å². The number of halogens is 1. The van der Waals surface area contributed by atoms with E-state index >= 15 is 0 Å². The Labute approximate surface area is 289 Å². The van der Waals surface area contributed by atoms with Crippen molar-refractivity contribution < 1.29 is 47.8 Å². The fraction of sp³-hybridized carbons (Fsp3) is 0.545. The van der Waals surface area contributed by atoms with Crippen LogP contribution in [0.3, 0.4) is 0 Å². The molecule has 2 aliphatic heterocycles. The minimum absolute atomic E-state index is 0.00723. The number of carbonyl (C=O) groups is 6. The van der Waals surface area contributed by atoms with Gasteiger partial charge in [-0.25, -0.2) is 9.48 Å². The fourth-order valence-corrected chi connectivity index (χ4v) is 5.67. The molecule has 5 amide bonds. The van der Waals surface area contributed by atoms with Crippen LogP contribution in [0.4, 0.5) is 9.28 Å². The Morgan fingerprint density at radius 1 is 1.04 bits per heavy atom. The number of likely N-dealkylation sites (N-methyl/N-ethyl adjacent to an activating group) is 1. The molecule has 1 aromatic heterocycles. The zero-order valence-corrected chi connectivity index (χ0v) is 28.3. The normalized spacial score (nSPS) is 16.5. The van der Waals surface area contributed by atoms with E-state index in [9.17, 15) is 38.4 Å². The summed E-state index contributed by atoms with van der Waals surface area (Å²) in [5.74, 6) is -3.79. The van der Waals surface area contributed by atoms with Crippen LogP contribution >= 0.6 is 0 Å². The number of unbranched alkanes of at least 4 members (excludes halogenated alkanes) is 1. The molecule has 17 heteroatoms. The molecule has 2 N–H and O–H groups in total. The molecule has 0 aliphatic carbocycles. The highest BCUT2D eigenvalue weighted by Crippen LogP contribution is 2.23. The second kappa shape index (κ2) is 18.0. The first-order valence-corrected chi connectivity index (χ1v) is 16.8. The first-order chi connectivity index (χ1) is 24.0. The summed E-state index contributed by atoms with van der Waals surface area (Å²) >= 11 is 0. The van der Waals surface area contributed by atoms with Gasteiger partial charge in [0.15, 0.2) is 12.3 Å². The zero-order valence-electron chi connectivity index (χ0n) is 28.3. The van der Waals surface area contributed by atoms with E-state index in [-0.39, 0.29) is 62.4 Å². The molecule has 0 bridgehead atoms. The lowest BCUT2D eigenvalue weighted by Crippen LogP contribution is -2.56. The number of carboxylic acids is 1. The SMILES string of the molecule is CCCCOC(=O)N1CCN(C(=O)C(CCC(=O)O)NC(=O)c2cc(OCC(=O)N3CCCC3C(=O)N(F)CC)n(-c3ccccc3)n2)CC1. The maximum Gasteiger partial charge on any atom is 0.409 e. The van der Waals surface area contributed by atoms with Gasteiger partial charge in [-0.05, 0) is 44.7 Å². The van der Waals surface area contributed by atoms with Crippen LogP contribution in [0, 0.1) is 0 Å². The van der Waals surface area contributed by atoms with E-state index in [2.05, 4.69) is 10.4 Å². The van der Waals surface area contributed by atoms with Crippen LogP contribution < -0.4 is 10.1 Å². The summed E-state index contributed by atoms with van der Waals surface area (Å²) in [5, 5.41) is 16.4. The number of aromatic nitrogens is 2. The molecular weight excluding hydrogens is 657 g/mol. The second-order valence-electron chi connectivity index (χ2n) is 11.9. The third kappa shape index (κ3) is 9.69. The molecule has 16 nitrogen and oxygen atoms in total. The zero-order chi connectivity index (χ0) is 36.2. The van der Waals surface area contributed by atoms with Crippen LogP contribution in [0.15, 0.2) is 36.4 Å². The van der Waals surface area contributed by atoms with Crippen LogP contribution in [-0.4, -0.2) is 135 Å². The molecule has 2 aliphatic rings. The summed E-state index contributed by atoms with van der Waals surface area (Å²) in [4.78, 5) is 80.6. The molecule has 50 heavy (non-hydrogen) atoms. The molecule has 2 unspecified atom stereocenters. The first-order valence-electron chi connectivity index (χ1n) is 16.8. The van der Waals surface area contributed by atoms with E-state index in [0.717, 1.165) is 12.8 Å². The number of hydrogen-bond acceptors (Lipinski definition) is 9. The van der Waals surface area contributed by atoms with Crippen molar-refractivity contribution in [3.63, 3.8) is 0 Å². The Hall–Kier alpha value is -5.22. The number of piperazine rings is 1. The highest BCUT2D eigenvalue weighted by molar-refractivity contribution is 5.96. The summed E-state index contributed by atoms with van der Waals surface area (Å²) in [6.07, 6.45) is 1.41. The topological polar surface area (TPSA) is 184 Å². The molecule has 3 heterocycles. The Morgan fingerprint density at radius 2 is 1.74 bits per heavy atom. The summed E-state index contributed by atoms with van der Waals surface area (Å²) in [6.45, 7) is 4.12. The van der Waals surface area contributed by atoms with Crippen molar-refractivity contribution in [3.05, 3.63) is 42.1 Å². The van der Waals surface area contributed by atoms with Crippen molar-refractivity contribution in [2.24, 2.45) is 0 Å². The average Bonchev–Trinajstić information content (AvgIpc) is 3.80. The predicted octanol–water partition coefficient (Wildman–Crippen LogP) is 2.02. The Morgan fingerprint density at radius 3 is 2.40 bits per heavy atom. The quantitative estimate of drug-likeness (QED) is 0.206. The van der Waals surface area contributed by atoms with Gasteiger partial charge in [-0.15, -0.1) is 0 Å². The summed E-state index contributed by atoms with van der Waals surface area (Å²) in [5.41, 5.74) is 0.318. The lowest BCUT2D eigenvalue weighted by atomic mass is 10.1. The molecule has 0 saturated carbocycles. The van der Waals surface area contributed by atoms with Crippen LogP contribution in [0.25, 0.3) is 5.69 Å². The van der Waals surface area contributed by atoms with Gasteiger partial charge in [-0.1, -0.05) is 36.0 Å². The van der Waals surface area contributed by atoms with E-state index < -0.39 is 60.8 Å². The molecule has 2 fully saturated rings. The van der Waals surface area contributed by atoms with E-state index in [1.54, 1.807) is 30.3 Å². The summed E-state index contributed by atoms with van der Waals surface area (Å²) < 4.78 is 26.4. The van der Waals surface area contributed by atoms with Gasteiger partial charge in [0.1, 0.15) is 12.1 Å². The number of para-hydroxylation sites is 1. The number of nitrogens with zero attached hydrogens (tertiary/aromatic N) is 6. The average molecular weight is 702 g/mol. The van der Waals surface area contributed by atoms with Crippen molar-refractivity contribution in [1.82, 2.24) is 34.9 Å². The minimum Gasteiger partial charge on any atom is -0.481 e. The second-order valence-corrected chi connectivity index (χ2v) is 11.9. The number of benzene rings is 1. The maximum absolute atomic E-state index is 14.0. The number of nitrogens with one attached hydrogen (secondary N) is 1. The lowest BCUT2D eigenvalue weighted by Gasteiger charge is -2.36. The Kier molecular flexibility index (Phi) is 13.5. The number of aliphatic carboxylic acids is 1. The van der Waals surface area contributed by atoms with Crippen LogP contribution in [-0.2, 0) is 23.9 Å². The molecule has 272 valence electrons. The molecule has 0 radical (unpaired) electrons. The van der Waals surface area contributed by atoms with Crippen LogP contribution in [0.2, 0.25) is 0 Å². The van der Waals surface area contributed by atoms with Crippen molar-refractivity contribution in [2.45, 2.75) is 64.5 Å². The van der Waals surface area contributed by atoms with Crippen LogP contribution in [0.5, 0.6) is 5.88 Å². The third-order valence-electron chi connectivity index (χ3n) is 8.45. The molecule has 2 aromatic rings. The predicted molar refractivity (Wildman–Crippen MR) is 175 cm³/mol. The first kappa shape index (κ1) is 37.6. The van der Waals surface area contributed by atoms with Gasteiger partial charge < -0.3 is 34.6 Å². The largest absolute Gasteiger partial charge is 0.481 e. The van der Waals surface area contributed by atoms with Crippen molar-refractivity contribution >= 4 is 35.7 Å². The van der Waals surface area contributed by atoms with E-state index in [1.165, 1.54) is 32.4 Å². The van der Waals surface area contributed by atoms with E-state index in [1.807, 2.05) is 6.92 Å². The summed E-state index contributed by atoms with van der Waals surface area (Å²) in [6, 6.07) is 7.74. The smallest absolute Gasteiger partial charge is 0.409 e. The molecule has 0 spiro atoms. The van der Waals surface area contributed by atoms with Crippen LogP contribution in [0.1, 0.15) is 62.9 Å². The standard InChI is InChI=1S/C33H44FN7O9/c1-3-5-20-49-33(48)38-18-16-37(17-19-38)31(46)24(13-14-29(43)44)35-30(45)25-21-28(41(36-25)23-10-7-6-8-11-23)50-22-27(42)39-15-9-12-26(39)32(47)40(34)4-2/h6-8,10-11,21,24,26H,3-5,9,12-20,22H2,1-2H3,(H,35,45)(H,43,44). The maximum atomic E-state index is 14.0. The summed E-state index contributed by atoms with van der Waals surface area (Å²) in [7, 11) is 0. The number of rotatable bonds is 15. The lowest BCUT2D eigenvalue weighted by molar-refractivity contribution is -0.155. The van der Waals surface area contributed by atoms with Crippen molar-refractivity contribution in [3.8, 4) is 11.6 Å². The molecule has 2 atom stereocenters. The number of carbonyl (C=O) groups excluding carboxylic acids is 5. The fourth-order valence-electron chi connectivity index (χ4n) is 5.67. The molecule has 2 saturated heterocycles. The monoisotopic (exact) mass is 701 g/mol. The van der Waals surface area contributed by atoms with Gasteiger partial charge in [0.2, 0.25) is 11.8 Å². The highest BCUT2D eigenvalue weighted by atomic mass is 19.2. The minimum atomic E-state index is -1.21. The molecule has 1 aromatic carbocycles. The molecular formula is C33H44FN7O9. The third-order valence-corrected chi connectivity index (χ3v) is 8.45. The molecule has 4 rings (SSSR count). The number of amides is 5. The van der Waals surface area contributed by atoms with Gasteiger partial charge in [0.25, 0.3) is 17.7 Å². The Bertz CT molecular complexity index is 1510. The van der Waals surface area contributed by atoms with Crippen molar-refractivity contribution in [1.29, 1.82) is 0 Å².